The van der Waals surface area contributed by atoms with Crippen LogP contribution >= 0.6 is 0 Å². The van der Waals surface area contributed by atoms with E-state index in [2.05, 4.69) is 21.8 Å². The summed E-state index contributed by atoms with van der Waals surface area (Å²) in [6.45, 7) is 0. The molecular formula is C17H12F2N2. The number of halogens is 2. The van der Waals surface area contributed by atoms with Crippen LogP contribution in [0, 0.1) is 23.5 Å². The minimum Gasteiger partial charge on any atom is -0.356 e. The van der Waals surface area contributed by atoms with Gasteiger partial charge in [0.2, 0.25) is 0 Å². The van der Waals surface area contributed by atoms with Crippen LogP contribution in [-0.2, 0) is 6.42 Å². The number of hydrogen-bond donors (Lipinski definition) is 1. The highest BCUT2D eigenvalue weighted by Crippen LogP contribution is 2.22. The van der Waals surface area contributed by atoms with Crippen LogP contribution in [0.4, 0.5) is 8.78 Å². The van der Waals surface area contributed by atoms with Crippen molar-refractivity contribution in [1.82, 2.24) is 9.97 Å². The smallest absolute Gasteiger partial charge is 0.147 e. The number of rotatable bonds is 2. The molecule has 104 valence electrons. The summed E-state index contributed by atoms with van der Waals surface area (Å²) in [6, 6.07) is 9.44. The molecule has 2 aromatic heterocycles. The third-order valence-electron chi connectivity index (χ3n) is 3.15. The number of nitrogens with one attached hydrogen (secondary N) is 1. The first-order valence-electron chi connectivity index (χ1n) is 6.59. The topological polar surface area (TPSA) is 28.7 Å². The van der Waals surface area contributed by atoms with Crippen molar-refractivity contribution in [2.45, 2.75) is 12.8 Å². The van der Waals surface area contributed by atoms with Crippen LogP contribution < -0.4 is 0 Å². The first-order valence-corrected chi connectivity index (χ1v) is 6.59. The summed E-state index contributed by atoms with van der Waals surface area (Å²) in [5.41, 5.74) is 1.69. The molecular weight excluding hydrogens is 270 g/mol. The Kier molecular flexibility index (Phi) is 3.65. The molecule has 0 aliphatic heterocycles. The zero-order valence-corrected chi connectivity index (χ0v) is 11.2. The number of H-pyrrole nitrogens is 1. The molecule has 0 amide bonds. The molecule has 0 radical (unpaired) electrons. The number of aromatic amines is 1. The second-order valence-corrected chi connectivity index (χ2v) is 4.63. The van der Waals surface area contributed by atoms with Crippen molar-refractivity contribution in [2.24, 2.45) is 0 Å². The van der Waals surface area contributed by atoms with Crippen molar-refractivity contribution in [1.29, 1.82) is 0 Å². The number of pyridine rings is 1. The molecule has 3 rings (SSSR count). The molecule has 0 aliphatic carbocycles. The van der Waals surface area contributed by atoms with Gasteiger partial charge in [-0.15, -0.1) is 0 Å². The molecule has 0 bridgehead atoms. The average Bonchev–Trinajstić information content (AvgIpc) is 2.94. The van der Waals surface area contributed by atoms with E-state index < -0.39 is 11.6 Å². The van der Waals surface area contributed by atoms with Crippen LogP contribution in [0.3, 0.4) is 0 Å². The van der Waals surface area contributed by atoms with Crippen LogP contribution in [0.25, 0.3) is 10.9 Å². The van der Waals surface area contributed by atoms with Crippen LogP contribution in [0.2, 0.25) is 0 Å². The van der Waals surface area contributed by atoms with E-state index >= 15 is 0 Å². The fraction of sp³-hybridized carbons (Fsp3) is 0.118. The monoisotopic (exact) mass is 282 g/mol. The standard InChI is InChI=1S/C17H12F2N2/c18-15-8-9-16(19)17-14(15)11-13(21-17)7-2-1-5-12-6-3-4-10-20-12/h3-4,6,8-11,21H,2,7H2. The average molecular weight is 282 g/mol. The van der Waals surface area contributed by atoms with Crippen molar-refractivity contribution in [3.05, 3.63) is 65.6 Å². The maximum absolute atomic E-state index is 13.6. The summed E-state index contributed by atoms with van der Waals surface area (Å²) in [5, 5.41) is 0.280. The van der Waals surface area contributed by atoms with Crippen LogP contribution in [0.5, 0.6) is 0 Å². The van der Waals surface area contributed by atoms with E-state index in [1.165, 1.54) is 0 Å². The highest BCUT2D eigenvalue weighted by molar-refractivity contribution is 5.81. The highest BCUT2D eigenvalue weighted by Gasteiger charge is 2.09. The van der Waals surface area contributed by atoms with Gasteiger partial charge in [-0.2, -0.15) is 0 Å². The number of fused-ring (bicyclic) bond motifs is 1. The van der Waals surface area contributed by atoms with Crippen molar-refractivity contribution in [3.8, 4) is 11.8 Å². The van der Waals surface area contributed by atoms with Gasteiger partial charge >= 0.3 is 0 Å². The Morgan fingerprint density at radius 3 is 2.71 bits per heavy atom. The van der Waals surface area contributed by atoms with E-state index in [0.717, 1.165) is 17.8 Å². The Morgan fingerprint density at radius 1 is 1.10 bits per heavy atom. The van der Waals surface area contributed by atoms with Crippen molar-refractivity contribution in [3.63, 3.8) is 0 Å². The molecule has 4 heteroatoms. The quantitative estimate of drug-likeness (QED) is 0.711. The highest BCUT2D eigenvalue weighted by atomic mass is 19.1. The fourth-order valence-corrected chi connectivity index (χ4v) is 2.13. The molecule has 3 aromatic rings. The van der Waals surface area contributed by atoms with Gasteiger partial charge in [-0.25, -0.2) is 13.8 Å². The minimum absolute atomic E-state index is 0.211. The molecule has 0 atom stereocenters. The van der Waals surface area contributed by atoms with E-state index in [1.807, 2.05) is 18.2 Å². The molecule has 0 saturated heterocycles. The van der Waals surface area contributed by atoms with E-state index in [0.29, 0.717) is 18.5 Å². The zero-order chi connectivity index (χ0) is 14.7. The van der Waals surface area contributed by atoms with Gasteiger partial charge in [0.25, 0.3) is 0 Å². The maximum atomic E-state index is 13.6. The van der Waals surface area contributed by atoms with E-state index in [4.69, 9.17) is 0 Å². The number of aromatic nitrogens is 2. The van der Waals surface area contributed by atoms with E-state index in [9.17, 15) is 8.78 Å². The fourth-order valence-electron chi connectivity index (χ4n) is 2.13. The summed E-state index contributed by atoms with van der Waals surface area (Å²) in [4.78, 5) is 7.01. The summed E-state index contributed by atoms with van der Waals surface area (Å²) >= 11 is 0. The summed E-state index contributed by atoms with van der Waals surface area (Å²) in [7, 11) is 0. The molecule has 21 heavy (non-hydrogen) atoms. The van der Waals surface area contributed by atoms with Gasteiger partial charge in [-0.1, -0.05) is 12.0 Å². The molecule has 0 unspecified atom stereocenters. The molecule has 0 aliphatic rings. The van der Waals surface area contributed by atoms with Crippen molar-refractivity contribution < 1.29 is 8.78 Å². The lowest BCUT2D eigenvalue weighted by molar-refractivity contribution is 0.616. The zero-order valence-electron chi connectivity index (χ0n) is 11.2. The van der Waals surface area contributed by atoms with E-state index in [-0.39, 0.29) is 10.9 Å². The maximum Gasteiger partial charge on any atom is 0.147 e. The summed E-state index contributed by atoms with van der Waals surface area (Å²) in [6.07, 6.45) is 2.88. The third-order valence-corrected chi connectivity index (χ3v) is 3.15. The largest absolute Gasteiger partial charge is 0.356 e. The Labute approximate surface area is 120 Å². The van der Waals surface area contributed by atoms with Crippen molar-refractivity contribution >= 4 is 10.9 Å². The molecule has 0 saturated carbocycles. The predicted molar refractivity (Wildman–Crippen MR) is 77.7 cm³/mol. The number of aryl methyl sites for hydroxylation is 1. The molecule has 1 aromatic carbocycles. The lowest BCUT2D eigenvalue weighted by Gasteiger charge is -1.93. The SMILES string of the molecule is Fc1ccc(F)c2[nH]c(CCC#Cc3ccccn3)cc12. The van der Waals surface area contributed by atoms with Gasteiger partial charge in [-0.3, -0.25) is 0 Å². The number of hydrogen-bond acceptors (Lipinski definition) is 1. The van der Waals surface area contributed by atoms with Crippen LogP contribution in [0.1, 0.15) is 17.8 Å². The van der Waals surface area contributed by atoms with Gasteiger partial charge in [0, 0.05) is 23.7 Å². The summed E-state index contributed by atoms with van der Waals surface area (Å²) in [5.74, 6) is 5.08. The summed E-state index contributed by atoms with van der Waals surface area (Å²) < 4.78 is 27.1. The number of benzene rings is 1. The normalized spacial score (nSPS) is 10.4. The molecule has 1 N–H and O–H groups in total. The Balaban J connectivity index is 1.73. The van der Waals surface area contributed by atoms with Gasteiger partial charge in [0.1, 0.15) is 17.3 Å². The first kappa shape index (κ1) is 13.3. The van der Waals surface area contributed by atoms with Gasteiger partial charge in [0.05, 0.1) is 5.52 Å². The Hall–Kier alpha value is -2.67. The van der Waals surface area contributed by atoms with Crippen LogP contribution in [0.15, 0.2) is 42.6 Å². The Morgan fingerprint density at radius 2 is 1.95 bits per heavy atom. The Bertz CT molecular complexity index is 787. The minimum atomic E-state index is -0.447. The molecule has 2 nitrogen and oxygen atoms in total. The predicted octanol–water partition coefficient (Wildman–Crippen LogP) is 3.83. The van der Waals surface area contributed by atoms with Gasteiger partial charge < -0.3 is 4.98 Å². The lowest BCUT2D eigenvalue weighted by Crippen LogP contribution is -1.84. The van der Waals surface area contributed by atoms with Crippen LogP contribution in [-0.4, -0.2) is 9.97 Å². The first-order chi connectivity index (χ1) is 10.2. The second kappa shape index (κ2) is 5.76. The van der Waals surface area contributed by atoms with E-state index in [1.54, 1.807) is 12.3 Å². The third kappa shape index (κ3) is 2.92. The molecule has 2 heterocycles. The lowest BCUT2D eigenvalue weighted by atomic mass is 10.2. The van der Waals surface area contributed by atoms with Gasteiger partial charge in [-0.05, 0) is 42.7 Å². The number of nitrogens with zero attached hydrogens (tertiary/aromatic N) is 1. The second-order valence-electron chi connectivity index (χ2n) is 4.63. The molecule has 0 spiro atoms. The molecule has 0 fully saturated rings. The van der Waals surface area contributed by atoms with Crippen molar-refractivity contribution in [2.75, 3.05) is 0 Å². The van der Waals surface area contributed by atoms with Gasteiger partial charge in [0.15, 0.2) is 0 Å².